The number of halogens is 2. The van der Waals surface area contributed by atoms with Gasteiger partial charge in [0.2, 0.25) is 0 Å². The van der Waals surface area contributed by atoms with Crippen LogP contribution in [0.1, 0.15) is 12.5 Å². The number of amides is 5. The Morgan fingerprint density at radius 3 is 2.40 bits per heavy atom. The molecule has 0 saturated carbocycles. The summed E-state index contributed by atoms with van der Waals surface area (Å²) in [5, 5.41) is 4.76. The van der Waals surface area contributed by atoms with Gasteiger partial charge in [-0.1, -0.05) is 0 Å². The van der Waals surface area contributed by atoms with E-state index < -0.39 is 29.6 Å². The molecule has 2 N–H and O–H groups in total. The number of hydrogen-bond donors (Lipinski definition) is 2. The van der Waals surface area contributed by atoms with Gasteiger partial charge in [-0.2, -0.15) is 0 Å². The quantitative estimate of drug-likeness (QED) is 0.266. The molecule has 10 nitrogen and oxygen atoms in total. The molecule has 5 amide bonds. The molecule has 1 saturated heterocycles. The van der Waals surface area contributed by atoms with Gasteiger partial charge in [-0.15, -0.1) is 0 Å². The molecule has 0 spiro atoms. The van der Waals surface area contributed by atoms with Gasteiger partial charge in [0, 0.05) is 5.69 Å². The Labute approximate surface area is 236 Å². The largest absolute Gasteiger partial charge is 0.494 e. The van der Waals surface area contributed by atoms with Gasteiger partial charge >= 0.3 is 6.03 Å². The first-order valence-electron chi connectivity index (χ1n) is 11.9. The number of ether oxygens (including phenoxy) is 3. The normalized spacial score (nSPS) is 14.2. The Balaban J connectivity index is 1.54. The number of imide groups is 2. The predicted octanol–water partition coefficient (Wildman–Crippen LogP) is 4.68. The Kier molecular flexibility index (Phi) is 8.80. The maximum absolute atomic E-state index is 13.2. The third kappa shape index (κ3) is 6.46. The lowest BCUT2D eigenvalue weighted by molar-refractivity contribution is -0.122. The van der Waals surface area contributed by atoms with E-state index in [9.17, 15) is 23.6 Å². The molecule has 1 fully saturated rings. The highest BCUT2D eigenvalue weighted by Crippen LogP contribution is 2.37. The van der Waals surface area contributed by atoms with E-state index in [2.05, 4.69) is 26.6 Å². The van der Waals surface area contributed by atoms with Crippen molar-refractivity contribution in [1.29, 1.82) is 0 Å². The van der Waals surface area contributed by atoms with Crippen molar-refractivity contribution < 1.29 is 37.8 Å². The molecule has 0 bridgehead atoms. The van der Waals surface area contributed by atoms with Crippen LogP contribution in [0.2, 0.25) is 0 Å². The molecule has 0 atom stereocenters. The van der Waals surface area contributed by atoms with Crippen LogP contribution in [0.15, 0.2) is 70.7 Å². The van der Waals surface area contributed by atoms with Crippen LogP contribution >= 0.6 is 15.9 Å². The summed E-state index contributed by atoms with van der Waals surface area (Å²) in [6.07, 6.45) is 1.31. The van der Waals surface area contributed by atoms with E-state index in [0.29, 0.717) is 28.1 Å². The second kappa shape index (κ2) is 12.4. The number of benzene rings is 3. The van der Waals surface area contributed by atoms with Crippen LogP contribution in [0.25, 0.3) is 6.08 Å². The second-order valence-electron chi connectivity index (χ2n) is 8.26. The van der Waals surface area contributed by atoms with E-state index in [4.69, 9.17) is 14.2 Å². The van der Waals surface area contributed by atoms with Gasteiger partial charge in [0.25, 0.3) is 17.7 Å². The maximum Gasteiger partial charge on any atom is 0.335 e. The monoisotopic (exact) mass is 611 g/mol. The average Bonchev–Trinajstić information content (AvgIpc) is 2.92. The molecule has 12 heteroatoms. The van der Waals surface area contributed by atoms with Crippen molar-refractivity contribution in [3.8, 4) is 17.2 Å². The summed E-state index contributed by atoms with van der Waals surface area (Å²) in [6, 6.07) is 13.7. The van der Waals surface area contributed by atoms with Gasteiger partial charge < -0.3 is 19.5 Å². The van der Waals surface area contributed by atoms with Gasteiger partial charge in [-0.05, 0) is 95.2 Å². The molecule has 0 unspecified atom stereocenters. The van der Waals surface area contributed by atoms with Crippen molar-refractivity contribution in [2.45, 2.75) is 6.92 Å². The molecule has 1 heterocycles. The third-order valence-electron chi connectivity index (χ3n) is 5.55. The van der Waals surface area contributed by atoms with Crippen LogP contribution in [-0.2, 0) is 14.4 Å². The zero-order valence-electron chi connectivity index (χ0n) is 21.3. The van der Waals surface area contributed by atoms with Crippen molar-refractivity contribution in [3.63, 3.8) is 0 Å². The third-order valence-corrected chi connectivity index (χ3v) is 6.13. The van der Waals surface area contributed by atoms with Crippen molar-refractivity contribution in [1.82, 2.24) is 5.32 Å². The fourth-order valence-electron chi connectivity index (χ4n) is 3.75. The van der Waals surface area contributed by atoms with E-state index in [1.165, 1.54) is 55.7 Å². The van der Waals surface area contributed by atoms with Gasteiger partial charge in [0.1, 0.15) is 17.1 Å². The highest BCUT2D eigenvalue weighted by Gasteiger charge is 2.37. The van der Waals surface area contributed by atoms with E-state index in [1.807, 2.05) is 6.92 Å². The number of anilines is 2. The molecule has 0 radical (unpaired) electrons. The SMILES string of the molecule is CCOc1ccc(N2C(=O)NC(=O)/C(=C\c3cc(Br)c(OCC(=O)Nc4ccc(F)cc4)c(OC)c3)C2=O)cc1. The first-order valence-corrected chi connectivity index (χ1v) is 12.7. The lowest BCUT2D eigenvalue weighted by Gasteiger charge is -2.26. The smallest absolute Gasteiger partial charge is 0.335 e. The van der Waals surface area contributed by atoms with Crippen molar-refractivity contribution in [2.24, 2.45) is 0 Å². The Morgan fingerprint density at radius 1 is 1.05 bits per heavy atom. The van der Waals surface area contributed by atoms with Crippen LogP contribution in [0.3, 0.4) is 0 Å². The number of carbonyl (C=O) groups excluding carboxylic acids is 4. The minimum Gasteiger partial charge on any atom is -0.494 e. The summed E-state index contributed by atoms with van der Waals surface area (Å²) < 4.78 is 29.9. The number of rotatable bonds is 9. The lowest BCUT2D eigenvalue weighted by atomic mass is 10.1. The standard InChI is InChI=1S/C28H23BrFN3O7/c1-3-39-20-10-8-19(9-11-20)33-27(36)21(26(35)32-28(33)37)12-16-13-22(29)25(23(14-16)38-2)40-15-24(34)31-18-6-4-17(30)5-7-18/h4-14H,3,15H2,1-2H3,(H,31,34)(H,32,35,37)/b21-12+. The summed E-state index contributed by atoms with van der Waals surface area (Å²) in [5.41, 5.74) is 0.753. The zero-order valence-corrected chi connectivity index (χ0v) is 22.9. The fraction of sp³-hybridized carbons (Fsp3) is 0.143. The van der Waals surface area contributed by atoms with Crippen LogP contribution in [0.4, 0.5) is 20.6 Å². The number of methoxy groups -OCH3 is 1. The summed E-state index contributed by atoms with van der Waals surface area (Å²) in [6.45, 7) is 1.90. The van der Waals surface area contributed by atoms with E-state index in [1.54, 1.807) is 18.2 Å². The van der Waals surface area contributed by atoms with Crippen LogP contribution < -0.4 is 29.7 Å². The van der Waals surface area contributed by atoms with Gasteiger partial charge in [0.05, 0.1) is 23.9 Å². The number of hydrogen-bond acceptors (Lipinski definition) is 7. The van der Waals surface area contributed by atoms with Crippen molar-refractivity contribution >= 4 is 57.1 Å². The first kappa shape index (κ1) is 28.3. The molecule has 0 aromatic heterocycles. The number of urea groups is 1. The van der Waals surface area contributed by atoms with Gasteiger partial charge in [-0.3, -0.25) is 19.7 Å². The molecular weight excluding hydrogens is 589 g/mol. The number of barbiturate groups is 1. The van der Waals surface area contributed by atoms with E-state index >= 15 is 0 Å². The second-order valence-corrected chi connectivity index (χ2v) is 9.12. The van der Waals surface area contributed by atoms with E-state index in [0.717, 1.165) is 4.90 Å². The highest BCUT2D eigenvalue weighted by atomic mass is 79.9. The van der Waals surface area contributed by atoms with Crippen LogP contribution in [-0.4, -0.2) is 44.1 Å². The zero-order chi connectivity index (χ0) is 28.8. The fourth-order valence-corrected chi connectivity index (χ4v) is 4.32. The van der Waals surface area contributed by atoms with Crippen molar-refractivity contribution in [2.75, 3.05) is 30.5 Å². The molecule has 206 valence electrons. The Hall–Kier alpha value is -4.71. The average molecular weight is 612 g/mol. The molecule has 0 aliphatic carbocycles. The van der Waals surface area contributed by atoms with Crippen LogP contribution in [0, 0.1) is 5.82 Å². The molecule has 1 aliphatic heterocycles. The molecule has 3 aromatic rings. The topological polar surface area (TPSA) is 123 Å². The number of carbonyl (C=O) groups is 4. The summed E-state index contributed by atoms with van der Waals surface area (Å²) in [7, 11) is 1.38. The van der Waals surface area contributed by atoms with Crippen LogP contribution in [0.5, 0.6) is 17.2 Å². The summed E-state index contributed by atoms with van der Waals surface area (Å²) in [4.78, 5) is 51.5. The van der Waals surface area contributed by atoms with Gasteiger partial charge in [-0.25, -0.2) is 14.1 Å². The predicted molar refractivity (Wildman–Crippen MR) is 148 cm³/mol. The minimum absolute atomic E-state index is 0.199. The number of nitrogens with zero attached hydrogens (tertiary/aromatic N) is 1. The molecule has 4 rings (SSSR count). The van der Waals surface area contributed by atoms with Crippen molar-refractivity contribution in [3.05, 3.63) is 82.1 Å². The lowest BCUT2D eigenvalue weighted by Crippen LogP contribution is -2.54. The van der Waals surface area contributed by atoms with E-state index in [-0.39, 0.29) is 29.4 Å². The van der Waals surface area contributed by atoms with Gasteiger partial charge in [0.15, 0.2) is 18.1 Å². The molecule has 3 aromatic carbocycles. The summed E-state index contributed by atoms with van der Waals surface area (Å²) in [5.74, 6) is -1.62. The maximum atomic E-state index is 13.2. The summed E-state index contributed by atoms with van der Waals surface area (Å²) >= 11 is 3.37. The molecule has 40 heavy (non-hydrogen) atoms. The highest BCUT2D eigenvalue weighted by molar-refractivity contribution is 9.10. The number of nitrogens with one attached hydrogen (secondary N) is 2. The Bertz CT molecular complexity index is 1490. The minimum atomic E-state index is -0.877. The first-order chi connectivity index (χ1) is 19.2. The Morgan fingerprint density at radius 2 is 1.75 bits per heavy atom. The molecule has 1 aliphatic rings. The molecular formula is C28H23BrFN3O7.